The van der Waals surface area contributed by atoms with Gasteiger partial charge >= 0.3 is 0 Å². The fourth-order valence-corrected chi connectivity index (χ4v) is 4.24. The average molecular weight is 364 g/mol. The summed E-state index contributed by atoms with van der Waals surface area (Å²) in [7, 11) is 0. The second-order valence-electron chi connectivity index (χ2n) is 7.67. The van der Waals surface area contributed by atoms with E-state index in [1.165, 1.54) is 30.6 Å². The number of azo groups is 1. The summed E-state index contributed by atoms with van der Waals surface area (Å²) in [5, 5.41) is 28.9. The summed E-state index contributed by atoms with van der Waals surface area (Å²) in [5.41, 5.74) is -0.542. The van der Waals surface area contributed by atoms with E-state index in [-0.39, 0.29) is 11.5 Å². The molecule has 1 amide bonds. The molecule has 9 heteroatoms. The number of aliphatic hydroxyl groups excluding tert-OH is 1. The molecule has 1 aliphatic carbocycles. The SMILES string of the molecule is CC(C)(C)C1C(O)=C(N=Nc2nnc(C3CCCCC3)s2)C(=O)N1N. The van der Waals surface area contributed by atoms with Crippen molar-refractivity contribution in [1.29, 1.82) is 0 Å². The van der Waals surface area contributed by atoms with E-state index in [1.807, 2.05) is 20.8 Å². The van der Waals surface area contributed by atoms with Crippen LogP contribution in [0.4, 0.5) is 5.13 Å². The average Bonchev–Trinajstić information content (AvgIpc) is 3.10. The number of carbonyl (C=O) groups excluding carboxylic acids is 1. The molecule has 1 fully saturated rings. The molecule has 1 atom stereocenters. The number of carbonyl (C=O) groups is 1. The summed E-state index contributed by atoms with van der Waals surface area (Å²) in [6.45, 7) is 5.67. The maximum Gasteiger partial charge on any atom is 0.292 e. The van der Waals surface area contributed by atoms with Crippen LogP contribution in [0.5, 0.6) is 0 Å². The molecule has 0 bridgehead atoms. The lowest BCUT2D eigenvalue weighted by molar-refractivity contribution is -0.129. The molecule has 3 N–H and O–H groups in total. The zero-order valence-electron chi connectivity index (χ0n) is 14.8. The highest BCUT2D eigenvalue weighted by Gasteiger charge is 2.45. The Morgan fingerprint density at radius 2 is 1.88 bits per heavy atom. The molecule has 0 aromatic carbocycles. The van der Waals surface area contributed by atoms with Gasteiger partial charge in [-0.05, 0) is 18.3 Å². The summed E-state index contributed by atoms with van der Waals surface area (Å²) in [5.74, 6) is 5.56. The van der Waals surface area contributed by atoms with Crippen LogP contribution >= 0.6 is 11.3 Å². The van der Waals surface area contributed by atoms with Crippen molar-refractivity contribution in [1.82, 2.24) is 15.2 Å². The van der Waals surface area contributed by atoms with Gasteiger partial charge in [-0.15, -0.1) is 20.4 Å². The zero-order valence-corrected chi connectivity index (χ0v) is 15.6. The summed E-state index contributed by atoms with van der Waals surface area (Å²) < 4.78 is 0. The summed E-state index contributed by atoms with van der Waals surface area (Å²) >= 11 is 1.39. The molecule has 0 spiro atoms. The molecule has 1 aliphatic heterocycles. The largest absolute Gasteiger partial charge is 0.507 e. The molecular weight excluding hydrogens is 340 g/mol. The summed E-state index contributed by atoms with van der Waals surface area (Å²) in [6, 6.07) is -0.624. The van der Waals surface area contributed by atoms with Crippen LogP contribution < -0.4 is 5.84 Å². The van der Waals surface area contributed by atoms with Gasteiger partial charge in [-0.1, -0.05) is 51.4 Å². The highest BCUT2D eigenvalue weighted by atomic mass is 32.1. The highest BCUT2D eigenvalue weighted by Crippen LogP contribution is 2.37. The minimum absolute atomic E-state index is 0.128. The van der Waals surface area contributed by atoms with E-state index in [4.69, 9.17) is 5.84 Å². The third-order valence-corrected chi connectivity index (χ3v) is 5.63. The first-order valence-corrected chi connectivity index (χ1v) is 9.37. The molecule has 2 heterocycles. The molecule has 1 aromatic heterocycles. The fourth-order valence-electron chi connectivity index (χ4n) is 3.41. The summed E-state index contributed by atoms with van der Waals surface area (Å²) in [6.07, 6.45) is 5.98. The molecular formula is C16H24N6O2S. The van der Waals surface area contributed by atoms with E-state index in [0.717, 1.165) is 22.9 Å². The van der Waals surface area contributed by atoms with E-state index in [0.29, 0.717) is 11.0 Å². The third kappa shape index (κ3) is 3.57. The van der Waals surface area contributed by atoms with Crippen LogP contribution in [0.2, 0.25) is 0 Å². The minimum Gasteiger partial charge on any atom is -0.507 e. The van der Waals surface area contributed by atoms with Crippen LogP contribution in [0.25, 0.3) is 0 Å². The Balaban J connectivity index is 1.78. The minimum atomic E-state index is -0.624. The van der Waals surface area contributed by atoms with Gasteiger partial charge in [-0.3, -0.25) is 9.80 Å². The monoisotopic (exact) mass is 364 g/mol. The van der Waals surface area contributed by atoms with Crippen molar-refractivity contribution in [3.05, 3.63) is 16.5 Å². The van der Waals surface area contributed by atoms with Crippen molar-refractivity contribution in [3.63, 3.8) is 0 Å². The maximum atomic E-state index is 12.2. The number of nitrogens with two attached hydrogens (primary N) is 1. The van der Waals surface area contributed by atoms with E-state index in [2.05, 4.69) is 20.4 Å². The molecule has 0 radical (unpaired) electrons. The van der Waals surface area contributed by atoms with Gasteiger partial charge < -0.3 is 5.11 Å². The third-order valence-electron chi connectivity index (χ3n) is 4.66. The molecule has 1 saturated carbocycles. The number of aromatic nitrogens is 2. The standard InChI is InChI=1S/C16H24N6O2S/c1-16(2,3)12-11(23)10(14(24)22(12)17)18-20-15-21-19-13(25-15)9-7-5-4-6-8-9/h9,12,23H,4-8,17H2,1-3H3. The van der Waals surface area contributed by atoms with Gasteiger partial charge in [0.15, 0.2) is 11.5 Å². The first-order valence-electron chi connectivity index (χ1n) is 8.55. The van der Waals surface area contributed by atoms with Crippen molar-refractivity contribution in [2.75, 3.05) is 0 Å². The predicted molar refractivity (Wildman–Crippen MR) is 94.2 cm³/mol. The molecule has 25 heavy (non-hydrogen) atoms. The molecule has 3 rings (SSSR count). The molecule has 1 unspecified atom stereocenters. The van der Waals surface area contributed by atoms with E-state index in [9.17, 15) is 9.90 Å². The van der Waals surface area contributed by atoms with Crippen LogP contribution in [-0.2, 0) is 4.79 Å². The van der Waals surface area contributed by atoms with Gasteiger partial charge in [-0.2, -0.15) is 0 Å². The maximum absolute atomic E-state index is 12.2. The Morgan fingerprint density at radius 3 is 2.48 bits per heavy atom. The highest BCUT2D eigenvalue weighted by molar-refractivity contribution is 7.15. The molecule has 0 saturated heterocycles. The first-order chi connectivity index (χ1) is 11.8. The Morgan fingerprint density at radius 1 is 1.20 bits per heavy atom. The quantitative estimate of drug-likeness (QED) is 0.483. The van der Waals surface area contributed by atoms with E-state index >= 15 is 0 Å². The Hall–Kier alpha value is -1.87. The van der Waals surface area contributed by atoms with Crippen molar-refractivity contribution in [2.45, 2.75) is 64.8 Å². The summed E-state index contributed by atoms with van der Waals surface area (Å²) in [4.78, 5) is 12.2. The van der Waals surface area contributed by atoms with E-state index < -0.39 is 17.4 Å². The Bertz CT molecular complexity index is 714. The smallest absolute Gasteiger partial charge is 0.292 e. The fraction of sp³-hybridized carbons (Fsp3) is 0.688. The predicted octanol–water partition coefficient (Wildman–Crippen LogP) is 3.57. The van der Waals surface area contributed by atoms with Gasteiger partial charge in [-0.25, -0.2) is 5.84 Å². The molecule has 8 nitrogen and oxygen atoms in total. The number of hydrogen-bond donors (Lipinski definition) is 2. The molecule has 2 aliphatic rings. The second kappa shape index (κ2) is 6.80. The van der Waals surface area contributed by atoms with Crippen molar-refractivity contribution in [3.8, 4) is 0 Å². The zero-order chi connectivity index (χ0) is 18.2. The number of amides is 1. The van der Waals surface area contributed by atoms with Crippen LogP contribution in [0, 0.1) is 5.41 Å². The van der Waals surface area contributed by atoms with Gasteiger partial charge in [0.1, 0.15) is 11.0 Å². The number of aliphatic hydroxyl groups is 1. The van der Waals surface area contributed by atoms with E-state index in [1.54, 1.807) is 0 Å². The normalized spacial score (nSPS) is 23.3. The Kier molecular flexibility index (Phi) is 4.88. The Labute approximate surface area is 150 Å². The van der Waals surface area contributed by atoms with Crippen LogP contribution in [0.1, 0.15) is 63.8 Å². The van der Waals surface area contributed by atoms with Crippen molar-refractivity contribution >= 4 is 22.4 Å². The van der Waals surface area contributed by atoms with Gasteiger partial charge in [0.2, 0.25) is 0 Å². The molecule has 1 aromatic rings. The second-order valence-corrected chi connectivity index (χ2v) is 8.66. The van der Waals surface area contributed by atoms with Crippen LogP contribution in [-0.4, -0.2) is 32.3 Å². The van der Waals surface area contributed by atoms with Crippen molar-refractivity contribution in [2.24, 2.45) is 21.5 Å². The van der Waals surface area contributed by atoms with Gasteiger partial charge in [0.25, 0.3) is 11.0 Å². The number of hydrazine groups is 1. The van der Waals surface area contributed by atoms with Crippen molar-refractivity contribution < 1.29 is 9.90 Å². The van der Waals surface area contributed by atoms with Gasteiger partial charge in [0.05, 0.1) is 0 Å². The lowest BCUT2D eigenvalue weighted by Crippen LogP contribution is -2.48. The van der Waals surface area contributed by atoms with Gasteiger partial charge in [0, 0.05) is 5.92 Å². The lowest BCUT2D eigenvalue weighted by atomic mass is 9.86. The number of hydrogen-bond acceptors (Lipinski definition) is 8. The van der Waals surface area contributed by atoms with Crippen LogP contribution in [0.3, 0.4) is 0 Å². The van der Waals surface area contributed by atoms with Crippen LogP contribution in [0.15, 0.2) is 21.7 Å². The number of rotatable bonds is 3. The number of nitrogens with zero attached hydrogens (tertiary/aromatic N) is 5. The molecule has 136 valence electrons. The first kappa shape index (κ1) is 17.9. The lowest BCUT2D eigenvalue weighted by Gasteiger charge is -2.31. The topological polar surface area (TPSA) is 117 Å².